The van der Waals surface area contributed by atoms with E-state index < -0.39 is 17.9 Å². The highest BCUT2D eigenvalue weighted by atomic mass is 16.5. The summed E-state index contributed by atoms with van der Waals surface area (Å²) in [6.07, 6.45) is 0.302. The lowest BCUT2D eigenvalue weighted by Gasteiger charge is -2.16. The van der Waals surface area contributed by atoms with Crippen molar-refractivity contribution in [2.24, 2.45) is 0 Å². The predicted molar refractivity (Wildman–Crippen MR) is 82.6 cm³/mol. The Morgan fingerprint density at radius 1 is 1.13 bits per heavy atom. The number of hydrogen-bond acceptors (Lipinski definition) is 5. The molecule has 0 radical (unpaired) electrons. The van der Waals surface area contributed by atoms with Crippen LogP contribution >= 0.6 is 0 Å². The number of ketones is 1. The van der Waals surface area contributed by atoms with E-state index in [0.29, 0.717) is 5.56 Å². The van der Waals surface area contributed by atoms with Crippen molar-refractivity contribution >= 4 is 23.6 Å². The molecule has 0 saturated carbocycles. The molecule has 7 heteroatoms. The van der Waals surface area contributed by atoms with Crippen molar-refractivity contribution in [2.75, 3.05) is 13.7 Å². The van der Waals surface area contributed by atoms with E-state index in [2.05, 4.69) is 15.4 Å². The van der Waals surface area contributed by atoms with E-state index in [0.717, 1.165) is 0 Å². The maximum absolute atomic E-state index is 11.8. The summed E-state index contributed by atoms with van der Waals surface area (Å²) in [4.78, 5) is 46.2. The lowest BCUT2D eigenvalue weighted by molar-refractivity contribution is -0.145. The highest BCUT2D eigenvalue weighted by molar-refractivity contribution is 5.96. The van der Waals surface area contributed by atoms with Crippen LogP contribution in [0.4, 0.5) is 0 Å². The zero-order chi connectivity index (χ0) is 17.2. The standard InChI is InChI=1S/C16H20N2O5/c1-11(19)8-9-13(16(22)23-2)18-14(20)10-17-15(21)12-6-4-3-5-7-12/h3-7,13H,8-10H2,1-2H3,(H,17,21)(H,18,20)/t13-/m0/s1. The van der Waals surface area contributed by atoms with Crippen LogP contribution in [0, 0.1) is 0 Å². The number of methoxy groups -OCH3 is 1. The Morgan fingerprint density at radius 2 is 1.78 bits per heavy atom. The molecule has 0 unspecified atom stereocenters. The number of esters is 1. The molecule has 1 aromatic rings. The summed E-state index contributed by atoms with van der Waals surface area (Å²) >= 11 is 0. The van der Waals surface area contributed by atoms with Crippen LogP contribution in [0.15, 0.2) is 30.3 Å². The van der Waals surface area contributed by atoms with Gasteiger partial charge in [-0.3, -0.25) is 9.59 Å². The first-order valence-corrected chi connectivity index (χ1v) is 7.14. The molecule has 0 bridgehead atoms. The average molecular weight is 320 g/mol. The van der Waals surface area contributed by atoms with Gasteiger partial charge in [-0.15, -0.1) is 0 Å². The molecule has 1 aromatic carbocycles. The summed E-state index contributed by atoms with van der Waals surface area (Å²) in [5.41, 5.74) is 0.432. The van der Waals surface area contributed by atoms with Crippen molar-refractivity contribution in [2.45, 2.75) is 25.8 Å². The number of Topliss-reactive ketones (excluding diaryl/α,β-unsaturated/α-hetero) is 1. The molecule has 1 atom stereocenters. The van der Waals surface area contributed by atoms with Crippen LogP contribution in [0.3, 0.4) is 0 Å². The molecule has 2 N–H and O–H groups in total. The summed E-state index contributed by atoms with van der Waals surface area (Å²) < 4.78 is 4.59. The second-order valence-corrected chi connectivity index (χ2v) is 4.93. The van der Waals surface area contributed by atoms with Gasteiger partial charge >= 0.3 is 5.97 Å². The lowest BCUT2D eigenvalue weighted by atomic mass is 10.1. The first kappa shape index (κ1) is 18.3. The van der Waals surface area contributed by atoms with E-state index in [9.17, 15) is 19.2 Å². The van der Waals surface area contributed by atoms with Gasteiger partial charge in [0.2, 0.25) is 5.91 Å². The third-order valence-electron chi connectivity index (χ3n) is 3.05. The number of amides is 2. The van der Waals surface area contributed by atoms with Gasteiger partial charge in [-0.1, -0.05) is 18.2 Å². The second kappa shape index (κ2) is 9.34. The molecule has 124 valence electrons. The fourth-order valence-corrected chi connectivity index (χ4v) is 1.84. The molecule has 0 aliphatic carbocycles. The molecule has 7 nitrogen and oxygen atoms in total. The summed E-state index contributed by atoms with van der Waals surface area (Å²) in [7, 11) is 1.20. The van der Waals surface area contributed by atoms with Crippen LogP contribution < -0.4 is 10.6 Å². The lowest BCUT2D eigenvalue weighted by Crippen LogP contribution is -2.46. The largest absolute Gasteiger partial charge is 0.467 e. The number of ether oxygens (including phenoxy) is 1. The smallest absolute Gasteiger partial charge is 0.328 e. The maximum Gasteiger partial charge on any atom is 0.328 e. The van der Waals surface area contributed by atoms with Crippen LogP contribution in [0.25, 0.3) is 0 Å². The van der Waals surface area contributed by atoms with Crippen LogP contribution in [-0.2, 0) is 19.1 Å². The van der Waals surface area contributed by atoms with E-state index >= 15 is 0 Å². The molecule has 2 amide bonds. The zero-order valence-electron chi connectivity index (χ0n) is 13.1. The van der Waals surface area contributed by atoms with Crippen molar-refractivity contribution in [3.8, 4) is 0 Å². The summed E-state index contributed by atoms with van der Waals surface area (Å²) in [6.45, 7) is 1.12. The monoisotopic (exact) mass is 320 g/mol. The van der Waals surface area contributed by atoms with Gasteiger partial charge in [0.1, 0.15) is 11.8 Å². The van der Waals surface area contributed by atoms with Crippen molar-refractivity contribution in [1.29, 1.82) is 0 Å². The number of hydrogen-bond donors (Lipinski definition) is 2. The van der Waals surface area contributed by atoms with Crippen molar-refractivity contribution in [3.63, 3.8) is 0 Å². The molecule has 0 aromatic heterocycles. The van der Waals surface area contributed by atoms with Gasteiger partial charge in [-0.2, -0.15) is 0 Å². The van der Waals surface area contributed by atoms with E-state index in [-0.39, 0.29) is 31.1 Å². The van der Waals surface area contributed by atoms with Gasteiger partial charge in [0.25, 0.3) is 5.91 Å². The van der Waals surface area contributed by atoms with Gasteiger partial charge in [0.15, 0.2) is 0 Å². The van der Waals surface area contributed by atoms with E-state index in [1.807, 2.05) is 0 Å². The number of rotatable bonds is 8. The van der Waals surface area contributed by atoms with Gasteiger partial charge in [-0.05, 0) is 25.5 Å². The Bertz CT molecular complexity index is 571. The van der Waals surface area contributed by atoms with Crippen LogP contribution in [0.2, 0.25) is 0 Å². The summed E-state index contributed by atoms with van der Waals surface area (Å²) in [6, 6.07) is 7.53. The number of carbonyl (C=O) groups is 4. The normalized spacial score (nSPS) is 11.2. The van der Waals surface area contributed by atoms with E-state index in [1.54, 1.807) is 30.3 Å². The first-order valence-electron chi connectivity index (χ1n) is 7.14. The Kier molecular flexibility index (Phi) is 7.45. The fourth-order valence-electron chi connectivity index (χ4n) is 1.84. The Hall–Kier alpha value is -2.70. The Balaban J connectivity index is 2.50. The number of benzene rings is 1. The molecular weight excluding hydrogens is 300 g/mol. The van der Waals surface area contributed by atoms with Crippen molar-refractivity contribution in [1.82, 2.24) is 10.6 Å². The zero-order valence-corrected chi connectivity index (χ0v) is 13.1. The topological polar surface area (TPSA) is 102 Å². The molecule has 23 heavy (non-hydrogen) atoms. The molecule has 0 aliphatic heterocycles. The molecule has 0 fully saturated rings. The summed E-state index contributed by atoms with van der Waals surface area (Å²) in [5.74, 6) is -1.65. The van der Waals surface area contributed by atoms with Crippen LogP contribution in [0.1, 0.15) is 30.1 Å². The van der Waals surface area contributed by atoms with Gasteiger partial charge in [-0.25, -0.2) is 4.79 Å². The molecule has 0 saturated heterocycles. The maximum atomic E-state index is 11.8. The molecule has 0 aliphatic rings. The minimum absolute atomic E-state index is 0.0921. The van der Waals surface area contributed by atoms with Crippen molar-refractivity contribution in [3.05, 3.63) is 35.9 Å². The van der Waals surface area contributed by atoms with Gasteiger partial charge in [0, 0.05) is 12.0 Å². The second-order valence-electron chi connectivity index (χ2n) is 4.93. The Morgan fingerprint density at radius 3 is 2.35 bits per heavy atom. The fraction of sp³-hybridized carbons (Fsp3) is 0.375. The number of nitrogens with one attached hydrogen (secondary N) is 2. The highest BCUT2D eigenvalue weighted by Crippen LogP contribution is 2.01. The van der Waals surface area contributed by atoms with Crippen molar-refractivity contribution < 1.29 is 23.9 Å². The Labute approximate surface area is 134 Å². The van der Waals surface area contributed by atoms with E-state index in [1.165, 1.54) is 14.0 Å². The number of carbonyl (C=O) groups excluding carboxylic acids is 4. The third kappa shape index (κ3) is 6.73. The minimum atomic E-state index is -0.912. The third-order valence-corrected chi connectivity index (χ3v) is 3.05. The minimum Gasteiger partial charge on any atom is -0.467 e. The van der Waals surface area contributed by atoms with Crippen LogP contribution in [0.5, 0.6) is 0 Å². The van der Waals surface area contributed by atoms with Gasteiger partial charge in [0.05, 0.1) is 13.7 Å². The predicted octanol–water partition coefficient (Wildman–Crippen LogP) is 0.443. The molecular formula is C16H20N2O5. The highest BCUT2D eigenvalue weighted by Gasteiger charge is 2.22. The van der Waals surface area contributed by atoms with Gasteiger partial charge < -0.3 is 20.2 Å². The molecule has 1 rings (SSSR count). The summed E-state index contributed by atoms with van der Waals surface area (Å²) in [5, 5.41) is 4.91. The molecule has 0 spiro atoms. The average Bonchev–Trinajstić information content (AvgIpc) is 2.56. The SMILES string of the molecule is COC(=O)[C@H](CCC(C)=O)NC(=O)CNC(=O)c1ccccc1. The molecule has 0 heterocycles. The van der Waals surface area contributed by atoms with Crippen LogP contribution in [-0.4, -0.2) is 43.3 Å². The first-order chi connectivity index (χ1) is 10.9. The van der Waals surface area contributed by atoms with E-state index in [4.69, 9.17) is 0 Å². The quantitative estimate of drug-likeness (QED) is 0.677.